The van der Waals surface area contributed by atoms with E-state index in [-0.39, 0.29) is 6.42 Å². The van der Waals surface area contributed by atoms with Gasteiger partial charge in [-0.05, 0) is 57.1 Å². The number of nitrogens with two attached hydrogens (primary N) is 2. The summed E-state index contributed by atoms with van der Waals surface area (Å²) in [4.78, 5) is 59.0. The number of hydrogen-bond acceptors (Lipinski definition) is 8. The van der Waals surface area contributed by atoms with Crippen molar-refractivity contribution in [2.45, 2.75) is 69.1 Å². The van der Waals surface area contributed by atoms with Crippen molar-refractivity contribution < 1.29 is 24.3 Å². The molecule has 1 aliphatic heterocycles. The molecule has 35 heavy (non-hydrogen) atoms. The van der Waals surface area contributed by atoms with Crippen LogP contribution in [0.5, 0.6) is 0 Å². The van der Waals surface area contributed by atoms with Crippen molar-refractivity contribution in [2.24, 2.45) is 11.5 Å². The highest BCUT2D eigenvalue weighted by Gasteiger charge is 2.38. The minimum absolute atomic E-state index is 0.101. The highest BCUT2D eigenvalue weighted by molar-refractivity contribution is 7.98. The number of thioether (sulfide) groups is 1. The second kappa shape index (κ2) is 14.7. The van der Waals surface area contributed by atoms with Crippen LogP contribution in [-0.2, 0) is 25.6 Å². The number of H-pyrrole nitrogens is 1. The number of nitrogens with one attached hydrogen (secondary N) is 3. The summed E-state index contributed by atoms with van der Waals surface area (Å²) in [6.45, 7) is 0.744. The van der Waals surface area contributed by atoms with Crippen LogP contribution in [0.3, 0.4) is 0 Å². The third-order valence-corrected chi connectivity index (χ3v) is 6.61. The molecule has 4 atom stereocenters. The van der Waals surface area contributed by atoms with E-state index in [2.05, 4.69) is 20.6 Å². The van der Waals surface area contributed by atoms with Gasteiger partial charge in [-0.25, -0.2) is 9.78 Å². The maximum Gasteiger partial charge on any atom is 0.326 e. The Bertz CT molecular complexity index is 838. The van der Waals surface area contributed by atoms with Crippen molar-refractivity contribution in [3.8, 4) is 0 Å². The largest absolute Gasteiger partial charge is 0.480 e. The van der Waals surface area contributed by atoms with Crippen LogP contribution in [-0.4, -0.2) is 92.9 Å². The molecule has 1 aromatic heterocycles. The number of carbonyl (C=O) groups is 4. The second-order valence-electron chi connectivity index (χ2n) is 8.60. The van der Waals surface area contributed by atoms with Gasteiger partial charge in [0.05, 0.1) is 12.4 Å². The van der Waals surface area contributed by atoms with Gasteiger partial charge in [-0.3, -0.25) is 14.4 Å². The number of nitrogens with zero attached hydrogens (tertiary/aromatic N) is 2. The minimum Gasteiger partial charge on any atom is -0.480 e. The van der Waals surface area contributed by atoms with Gasteiger partial charge in [0.15, 0.2) is 0 Å². The van der Waals surface area contributed by atoms with Gasteiger partial charge in [-0.2, -0.15) is 11.8 Å². The number of aromatic amines is 1. The summed E-state index contributed by atoms with van der Waals surface area (Å²) in [5.74, 6) is -1.82. The van der Waals surface area contributed by atoms with Crippen LogP contribution in [0, 0.1) is 0 Å². The summed E-state index contributed by atoms with van der Waals surface area (Å²) in [6, 6.07) is -3.61. The summed E-state index contributed by atoms with van der Waals surface area (Å²) in [5, 5.41) is 15.0. The van der Waals surface area contributed by atoms with E-state index in [0.717, 1.165) is 0 Å². The molecule has 196 valence electrons. The lowest BCUT2D eigenvalue weighted by Crippen LogP contribution is -2.57. The monoisotopic (exact) mass is 511 g/mol. The van der Waals surface area contributed by atoms with E-state index in [1.54, 1.807) is 11.8 Å². The van der Waals surface area contributed by atoms with Crippen LogP contribution in [0.25, 0.3) is 0 Å². The van der Waals surface area contributed by atoms with Gasteiger partial charge in [-0.1, -0.05) is 0 Å². The Labute approximate surface area is 209 Å². The number of aliphatic carboxylic acids is 1. The summed E-state index contributed by atoms with van der Waals surface area (Å²) < 4.78 is 0. The van der Waals surface area contributed by atoms with Crippen LogP contribution in [0.15, 0.2) is 12.5 Å². The number of unbranched alkanes of at least 4 members (excludes halogenated alkanes) is 1. The Morgan fingerprint density at radius 3 is 2.60 bits per heavy atom. The molecule has 0 radical (unpaired) electrons. The highest BCUT2D eigenvalue weighted by atomic mass is 32.2. The van der Waals surface area contributed by atoms with Crippen LogP contribution in [0.2, 0.25) is 0 Å². The van der Waals surface area contributed by atoms with Gasteiger partial charge in [-0.15, -0.1) is 0 Å². The van der Waals surface area contributed by atoms with Crippen molar-refractivity contribution in [2.75, 3.05) is 25.1 Å². The number of rotatable bonds is 15. The fourth-order valence-electron chi connectivity index (χ4n) is 3.99. The molecule has 0 saturated carbocycles. The zero-order valence-electron chi connectivity index (χ0n) is 20.1. The first kappa shape index (κ1) is 28.6. The Hall–Kier alpha value is -2.64. The Morgan fingerprint density at radius 2 is 1.97 bits per heavy atom. The zero-order valence-corrected chi connectivity index (χ0v) is 20.9. The van der Waals surface area contributed by atoms with E-state index in [1.807, 2.05) is 6.26 Å². The molecule has 0 spiro atoms. The van der Waals surface area contributed by atoms with Gasteiger partial charge < -0.3 is 37.1 Å². The average Bonchev–Trinajstić information content (AvgIpc) is 3.53. The number of carboxylic acids is 1. The van der Waals surface area contributed by atoms with E-state index in [0.29, 0.717) is 63.1 Å². The number of carbonyl (C=O) groups excluding carboxylic acids is 3. The first-order valence-corrected chi connectivity index (χ1v) is 13.2. The third kappa shape index (κ3) is 8.82. The number of imidazole rings is 1. The molecule has 13 heteroatoms. The molecule has 0 aliphatic carbocycles. The number of likely N-dealkylation sites (tertiary alicyclic amines) is 1. The zero-order chi connectivity index (χ0) is 25.8. The SMILES string of the molecule is CSCCC(N)C(=O)NC(CCCCN)C(=O)NC(Cc1cnc[nH]1)C(=O)N1CCCC1C(=O)O. The summed E-state index contributed by atoms with van der Waals surface area (Å²) >= 11 is 1.57. The number of aromatic nitrogens is 2. The summed E-state index contributed by atoms with van der Waals surface area (Å²) in [6.07, 6.45) is 8.01. The lowest BCUT2D eigenvalue weighted by atomic mass is 10.0. The maximum absolute atomic E-state index is 13.3. The predicted molar refractivity (Wildman–Crippen MR) is 132 cm³/mol. The van der Waals surface area contributed by atoms with Gasteiger partial charge in [0.25, 0.3) is 0 Å². The average molecular weight is 512 g/mol. The van der Waals surface area contributed by atoms with Crippen molar-refractivity contribution in [1.82, 2.24) is 25.5 Å². The molecule has 1 aromatic rings. The molecule has 0 bridgehead atoms. The van der Waals surface area contributed by atoms with Crippen molar-refractivity contribution in [3.05, 3.63) is 18.2 Å². The topological polar surface area (TPSA) is 197 Å². The molecule has 2 heterocycles. The smallest absolute Gasteiger partial charge is 0.326 e. The first-order chi connectivity index (χ1) is 16.8. The lowest BCUT2D eigenvalue weighted by molar-refractivity contribution is -0.149. The molecule has 1 aliphatic rings. The third-order valence-electron chi connectivity index (χ3n) is 5.96. The van der Waals surface area contributed by atoms with Gasteiger partial charge in [0, 0.05) is 24.9 Å². The van der Waals surface area contributed by atoms with E-state index >= 15 is 0 Å². The molecular formula is C22H37N7O5S. The number of hydrogen-bond donors (Lipinski definition) is 6. The molecule has 12 nitrogen and oxygen atoms in total. The van der Waals surface area contributed by atoms with Crippen molar-refractivity contribution in [3.63, 3.8) is 0 Å². The van der Waals surface area contributed by atoms with Crippen LogP contribution < -0.4 is 22.1 Å². The van der Waals surface area contributed by atoms with Gasteiger partial charge >= 0.3 is 5.97 Å². The molecule has 1 saturated heterocycles. The first-order valence-electron chi connectivity index (χ1n) is 11.8. The van der Waals surface area contributed by atoms with Crippen LogP contribution >= 0.6 is 11.8 Å². The summed E-state index contributed by atoms with van der Waals surface area (Å²) in [7, 11) is 0. The molecule has 4 unspecified atom stereocenters. The normalized spacial score (nSPS) is 18.0. The maximum atomic E-state index is 13.3. The van der Waals surface area contributed by atoms with E-state index in [9.17, 15) is 24.3 Å². The van der Waals surface area contributed by atoms with Gasteiger partial charge in [0.2, 0.25) is 17.7 Å². The molecular weight excluding hydrogens is 474 g/mol. The molecule has 1 fully saturated rings. The molecule has 3 amide bonds. The van der Waals surface area contributed by atoms with Crippen molar-refractivity contribution in [1.29, 1.82) is 0 Å². The highest BCUT2D eigenvalue weighted by Crippen LogP contribution is 2.19. The van der Waals surface area contributed by atoms with Crippen LogP contribution in [0.1, 0.15) is 44.2 Å². The number of amides is 3. The Balaban J connectivity index is 2.17. The molecule has 0 aromatic carbocycles. The summed E-state index contributed by atoms with van der Waals surface area (Å²) in [5.41, 5.74) is 12.2. The standard InChI is InChI=1S/C22H37N7O5S/c1-35-10-7-15(24)19(30)27-16(5-2-3-8-23)20(31)28-17(11-14-12-25-13-26-14)21(32)29-9-4-6-18(29)22(33)34/h12-13,15-18H,2-11,23-24H2,1H3,(H,25,26)(H,27,30)(H,28,31)(H,33,34). The van der Waals surface area contributed by atoms with Gasteiger partial charge in [0.1, 0.15) is 18.1 Å². The molecule has 8 N–H and O–H groups in total. The Morgan fingerprint density at radius 1 is 1.23 bits per heavy atom. The molecule has 2 rings (SSSR count). The van der Waals surface area contributed by atoms with E-state index in [1.165, 1.54) is 17.4 Å². The van der Waals surface area contributed by atoms with E-state index in [4.69, 9.17) is 11.5 Å². The minimum atomic E-state index is -1.08. The quantitative estimate of drug-likeness (QED) is 0.163. The Kier molecular flexibility index (Phi) is 12.0. The second-order valence-corrected chi connectivity index (χ2v) is 9.59. The number of carboxylic acid groups (broad SMARTS) is 1. The van der Waals surface area contributed by atoms with Crippen LogP contribution in [0.4, 0.5) is 0 Å². The lowest BCUT2D eigenvalue weighted by Gasteiger charge is -2.29. The van der Waals surface area contributed by atoms with E-state index < -0.39 is 47.9 Å². The fraction of sp³-hybridized carbons (Fsp3) is 0.682. The fourth-order valence-corrected chi connectivity index (χ4v) is 4.48. The predicted octanol–water partition coefficient (Wildman–Crippen LogP) is -0.793. The van der Waals surface area contributed by atoms with Crippen molar-refractivity contribution >= 4 is 35.5 Å².